The minimum absolute atomic E-state index is 0.149. The molecule has 2 atom stereocenters. The maximum Gasteiger partial charge on any atom is 0.264 e. The summed E-state index contributed by atoms with van der Waals surface area (Å²) in [5.41, 5.74) is 15.0. The third-order valence-corrected chi connectivity index (χ3v) is 34.5. The molecule has 0 aliphatic rings. The van der Waals surface area contributed by atoms with E-state index in [1.54, 1.807) is 56.2 Å². The molecular formula is C60H65BrCl2N12O2S2Sn. The second kappa shape index (κ2) is 28.5. The summed E-state index contributed by atoms with van der Waals surface area (Å²) in [6, 6.07) is 33.2. The van der Waals surface area contributed by atoms with E-state index < -0.39 is 18.4 Å². The Balaban J connectivity index is 0.000000165. The van der Waals surface area contributed by atoms with Crippen LogP contribution < -0.4 is 36.2 Å². The maximum absolute atomic E-state index is 13.6. The van der Waals surface area contributed by atoms with Crippen LogP contribution in [0.1, 0.15) is 96.6 Å². The van der Waals surface area contributed by atoms with E-state index in [1.807, 2.05) is 134 Å². The Morgan fingerprint density at radius 2 is 1.06 bits per heavy atom. The van der Waals surface area contributed by atoms with Crippen LogP contribution >= 0.6 is 61.8 Å². The minimum atomic E-state index is -2.12. The standard InChI is InChI=1S/C24H19ClN6OS.C21H17BrClN5O.3C4H9.C3H2NS.Sn/c1-14(29-21-17(13-28-24(26)30-21)22-27-10-11-33-22)19-12-15-6-5-9-18(25)20(15)23(32)31(19)16-7-3-2-4-8-16;1-12(26-19-15(22)11-25-21(24)27-19)17-10-13-6-5-9-16(23)18(13)20(29)28(17)14-7-3-2-4-8-14;3*1-3-4-2;1-2-5-3-4-1;/h2-14H,1H3,(H3,26,28,29,30);2-12H,1H3,(H3,24,25,26,27);3*1,3-4H2,2H3;1-2H;/t14-;12-;;;;;/m00...../s1. The van der Waals surface area contributed by atoms with Crippen molar-refractivity contribution in [3.8, 4) is 21.9 Å². The molecule has 0 bridgehead atoms. The van der Waals surface area contributed by atoms with Gasteiger partial charge in [-0.15, -0.1) is 11.3 Å². The van der Waals surface area contributed by atoms with Gasteiger partial charge in [0, 0.05) is 46.7 Å². The number of thiazole rings is 2. The van der Waals surface area contributed by atoms with E-state index in [2.05, 4.69) is 77.6 Å². The Morgan fingerprint density at radius 3 is 1.52 bits per heavy atom. The van der Waals surface area contributed by atoms with Crippen molar-refractivity contribution in [2.45, 2.75) is 98.5 Å². The molecule has 0 aliphatic carbocycles. The third-order valence-electron chi connectivity index (χ3n) is 13.8. The van der Waals surface area contributed by atoms with Crippen molar-refractivity contribution in [2.75, 3.05) is 22.1 Å². The zero-order valence-corrected chi connectivity index (χ0v) is 53.0. The Labute approximate surface area is 497 Å². The normalized spacial score (nSPS) is 12.1. The van der Waals surface area contributed by atoms with Crippen LogP contribution in [0.5, 0.6) is 0 Å². The molecule has 6 N–H and O–H groups in total. The molecule has 0 aliphatic heterocycles. The SMILES string of the molecule is CCC[CH2][Sn]([CH2]CCC)([CH2]CCC)[c]1nccs1.C[C@H](Nc1nc(N)ncc1-c1nccs1)c1cc2cccc(Cl)c2c(=O)n1-c1ccccc1.C[C@H](Nc1nc(N)ncc1Br)c1cc2cccc(Cl)c2c(=O)n1-c1ccccc1. The van der Waals surface area contributed by atoms with E-state index in [0.717, 1.165) is 44.1 Å². The average molecular weight is 1320 g/mol. The Morgan fingerprint density at radius 1 is 0.600 bits per heavy atom. The number of nitrogens with two attached hydrogens (primary N) is 2. The van der Waals surface area contributed by atoms with Gasteiger partial charge in [-0.25, -0.2) is 15.0 Å². The number of aromatic nitrogens is 8. The van der Waals surface area contributed by atoms with Gasteiger partial charge in [0.1, 0.15) is 16.6 Å². The predicted octanol–water partition coefficient (Wildman–Crippen LogP) is 15.5. The molecule has 0 radical (unpaired) electrons. The van der Waals surface area contributed by atoms with Crippen LogP contribution in [-0.2, 0) is 0 Å². The summed E-state index contributed by atoms with van der Waals surface area (Å²) in [4.78, 5) is 52.9. The van der Waals surface area contributed by atoms with Gasteiger partial charge in [-0.05, 0) is 89.1 Å². The number of unbranched alkanes of at least 4 members (excludes halogenated alkanes) is 3. The maximum atomic E-state index is 13.6. The second-order valence-electron chi connectivity index (χ2n) is 19.4. The third kappa shape index (κ3) is 14.3. The summed E-state index contributed by atoms with van der Waals surface area (Å²) in [6.45, 7) is 10.9. The van der Waals surface area contributed by atoms with Crippen molar-refractivity contribution >= 4 is 128 Å². The number of hydrogen-bond donors (Lipinski definition) is 4. The van der Waals surface area contributed by atoms with E-state index in [-0.39, 0.29) is 35.1 Å². The summed E-state index contributed by atoms with van der Waals surface area (Å²) in [5, 5.41) is 15.0. The topological polar surface area (TPSA) is 197 Å². The average Bonchev–Trinajstić information content (AvgIpc) is 4.22. The molecule has 10 rings (SSSR count). The molecule has 14 nitrogen and oxygen atoms in total. The first kappa shape index (κ1) is 59.9. The molecule has 10 aromatic rings. The van der Waals surface area contributed by atoms with E-state index >= 15 is 0 Å². The van der Waals surface area contributed by atoms with E-state index in [9.17, 15) is 9.59 Å². The van der Waals surface area contributed by atoms with Gasteiger partial charge in [0.15, 0.2) is 0 Å². The zero-order chi connectivity index (χ0) is 56.8. The van der Waals surface area contributed by atoms with Gasteiger partial charge in [0.2, 0.25) is 11.9 Å². The molecular weight excluding hydrogens is 1250 g/mol. The minimum Gasteiger partial charge on any atom is -0.368 e. The summed E-state index contributed by atoms with van der Waals surface area (Å²) in [5.74, 6) is 1.40. The molecule has 6 heterocycles. The number of fused-ring (bicyclic) bond motifs is 2. The molecule has 4 aromatic carbocycles. The second-order valence-corrected chi connectivity index (χ2v) is 36.8. The molecule has 414 valence electrons. The van der Waals surface area contributed by atoms with Gasteiger partial charge >= 0.3 is 122 Å². The van der Waals surface area contributed by atoms with Gasteiger partial charge in [-0.1, -0.05) is 83.9 Å². The van der Waals surface area contributed by atoms with Crippen LogP contribution in [-0.4, -0.2) is 57.4 Å². The number of nitrogen functional groups attached to an aromatic ring is 2. The van der Waals surface area contributed by atoms with Gasteiger partial charge in [-0.2, -0.15) is 9.97 Å². The molecule has 0 amide bonds. The first-order valence-corrected chi connectivity index (χ1v) is 37.6. The predicted molar refractivity (Wildman–Crippen MR) is 342 cm³/mol. The number of nitrogens with one attached hydrogen (secondary N) is 2. The fourth-order valence-electron chi connectivity index (χ4n) is 9.79. The number of hydrogen-bond acceptors (Lipinski definition) is 14. The van der Waals surface area contributed by atoms with Crippen LogP contribution in [0, 0.1) is 0 Å². The van der Waals surface area contributed by atoms with Crippen LogP contribution in [0.4, 0.5) is 23.5 Å². The van der Waals surface area contributed by atoms with Gasteiger partial charge < -0.3 is 22.1 Å². The van der Waals surface area contributed by atoms with Gasteiger partial charge in [0.25, 0.3) is 11.1 Å². The summed E-state index contributed by atoms with van der Waals surface area (Å²) < 4.78 is 10.3. The van der Waals surface area contributed by atoms with Crippen molar-refractivity contribution in [1.82, 2.24) is 39.0 Å². The smallest absolute Gasteiger partial charge is 0.264 e. The zero-order valence-electron chi connectivity index (χ0n) is 45.4. The van der Waals surface area contributed by atoms with Gasteiger partial charge in [0.05, 0.1) is 42.9 Å². The van der Waals surface area contributed by atoms with Crippen LogP contribution in [0.3, 0.4) is 0 Å². The van der Waals surface area contributed by atoms with Crippen LogP contribution in [0.2, 0.25) is 23.4 Å². The molecule has 0 saturated carbocycles. The van der Waals surface area contributed by atoms with Crippen molar-refractivity contribution in [3.05, 3.63) is 191 Å². The number of pyridine rings is 2. The molecule has 20 heteroatoms. The molecule has 0 spiro atoms. The van der Waals surface area contributed by atoms with Crippen molar-refractivity contribution in [3.63, 3.8) is 0 Å². The monoisotopic (exact) mass is 1320 g/mol. The number of rotatable bonds is 19. The van der Waals surface area contributed by atoms with Crippen LogP contribution in [0.25, 0.3) is 43.5 Å². The quantitative estimate of drug-likeness (QED) is 0.0560. The van der Waals surface area contributed by atoms with Gasteiger partial charge in [-0.3, -0.25) is 18.7 Å². The van der Waals surface area contributed by atoms with E-state index in [1.165, 1.54) is 49.9 Å². The summed E-state index contributed by atoms with van der Waals surface area (Å²) >= 11 is 17.5. The Hall–Kier alpha value is -6.22. The molecule has 0 fully saturated rings. The van der Waals surface area contributed by atoms with Crippen molar-refractivity contribution < 1.29 is 0 Å². The van der Waals surface area contributed by atoms with E-state index in [0.29, 0.717) is 36.9 Å². The number of benzene rings is 4. The molecule has 0 unspecified atom stereocenters. The molecule has 0 saturated heterocycles. The number of para-hydroxylation sites is 2. The number of halogens is 3. The Kier molecular flexibility index (Phi) is 21.3. The fraction of sp³-hybridized carbons (Fsp3) is 0.267. The summed E-state index contributed by atoms with van der Waals surface area (Å²) in [7, 11) is 0. The number of nitrogens with zero attached hydrogens (tertiary/aromatic N) is 8. The molecule has 80 heavy (non-hydrogen) atoms. The fourth-order valence-corrected chi connectivity index (χ4v) is 30.5. The largest absolute Gasteiger partial charge is 0.368 e. The molecule has 6 aromatic heterocycles. The Bertz CT molecular complexity index is 3740. The van der Waals surface area contributed by atoms with E-state index in [4.69, 9.17) is 39.7 Å². The first-order valence-electron chi connectivity index (χ1n) is 26.8. The summed E-state index contributed by atoms with van der Waals surface area (Å²) in [6.07, 6.45) is 15.4. The van der Waals surface area contributed by atoms with Crippen molar-refractivity contribution in [2.24, 2.45) is 0 Å². The number of anilines is 4. The van der Waals surface area contributed by atoms with Crippen LogP contribution in [0.15, 0.2) is 159 Å². The first-order chi connectivity index (χ1) is 38.8. The van der Waals surface area contributed by atoms with Crippen molar-refractivity contribution in [1.29, 1.82) is 0 Å².